The van der Waals surface area contributed by atoms with E-state index in [1.165, 1.54) is 12.8 Å². The van der Waals surface area contributed by atoms with Crippen molar-refractivity contribution in [2.75, 3.05) is 11.5 Å². The van der Waals surface area contributed by atoms with E-state index in [4.69, 9.17) is 5.73 Å². The Morgan fingerprint density at radius 1 is 1.40 bits per heavy atom. The highest BCUT2D eigenvalue weighted by atomic mass is 32.2. The summed E-state index contributed by atoms with van der Waals surface area (Å²) < 4.78 is 0. The van der Waals surface area contributed by atoms with E-state index >= 15 is 0 Å². The van der Waals surface area contributed by atoms with Gasteiger partial charge in [0, 0.05) is 23.4 Å². The summed E-state index contributed by atoms with van der Waals surface area (Å²) in [6.07, 6.45) is 4.82. The summed E-state index contributed by atoms with van der Waals surface area (Å²) in [6, 6.07) is 8.13. The van der Waals surface area contributed by atoms with Gasteiger partial charge in [-0.25, -0.2) is 0 Å². The van der Waals surface area contributed by atoms with E-state index in [1.54, 1.807) is 0 Å². The number of amides is 1. The third-order valence-corrected chi connectivity index (χ3v) is 5.18. The number of rotatable bonds is 6. The summed E-state index contributed by atoms with van der Waals surface area (Å²) in [5.41, 5.74) is 7.74. The van der Waals surface area contributed by atoms with Gasteiger partial charge in [-0.05, 0) is 36.6 Å². The number of carbonyl (C=O) groups is 1. The van der Waals surface area contributed by atoms with Gasteiger partial charge in [-0.2, -0.15) is 11.8 Å². The zero-order valence-corrected chi connectivity index (χ0v) is 12.9. The standard InChI is InChI=1S/C16H24N2OS/c1-2-20-15-9-5-8-14(15)18-16(19)11-10-12-6-3-4-7-13(12)17/h3-4,6-7,14-15H,2,5,8-11,17H2,1H3,(H,18,19). The fourth-order valence-corrected chi connectivity index (χ4v) is 3.99. The molecule has 3 nitrogen and oxygen atoms in total. The van der Waals surface area contributed by atoms with Crippen molar-refractivity contribution in [2.45, 2.75) is 50.3 Å². The molecule has 1 aromatic carbocycles. The van der Waals surface area contributed by atoms with Gasteiger partial charge in [0.1, 0.15) is 0 Å². The Morgan fingerprint density at radius 3 is 2.95 bits per heavy atom. The van der Waals surface area contributed by atoms with Crippen molar-refractivity contribution in [1.82, 2.24) is 5.32 Å². The lowest BCUT2D eigenvalue weighted by Crippen LogP contribution is -2.38. The van der Waals surface area contributed by atoms with Crippen molar-refractivity contribution in [3.05, 3.63) is 29.8 Å². The first-order chi connectivity index (χ1) is 9.70. The topological polar surface area (TPSA) is 55.1 Å². The highest BCUT2D eigenvalue weighted by Crippen LogP contribution is 2.29. The molecule has 2 unspecified atom stereocenters. The fourth-order valence-electron chi connectivity index (χ4n) is 2.79. The number of anilines is 1. The van der Waals surface area contributed by atoms with Crippen LogP contribution in [0.1, 0.15) is 38.2 Å². The molecule has 1 aromatic rings. The lowest BCUT2D eigenvalue weighted by atomic mass is 10.1. The molecular formula is C16H24N2OS. The van der Waals surface area contributed by atoms with E-state index in [9.17, 15) is 4.79 Å². The number of benzene rings is 1. The van der Waals surface area contributed by atoms with Gasteiger partial charge in [0.05, 0.1) is 0 Å². The van der Waals surface area contributed by atoms with Crippen LogP contribution in [0.15, 0.2) is 24.3 Å². The van der Waals surface area contributed by atoms with Gasteiger partial charge < -0.3 is 11.1 Å². The molecule has 2 atom stereocenters. The summed E-state index contributed by atoms with van der Waals surface area (Å²) in [4.78, 5) is 12.1. The molecule has 1 aliphatic rings. The third kappa shape index (κ3) is 4.17. The highest BCUT2D eigenvalue weighted by molar-refractivity contribution is 7.99. The quantitative estimate of drug-likeness (QED) is 0.793. The molecule has 1 fully saturated rings. The maximum Gasteiger partial charge on any atom is 0.220 e. The van der Waals surface area contributed by atoms with E-state index in [2.05, 4.69) is 12.2 Å². The van der Waals surface area contributed by atoms with E-state index < -0.39 is 0 Å². The minimum Gasteiger partial charge on any atom is -0.399 e. The predicted molar refractivity (Wildman–Crippen MR) is 86.9 cm³/mol. The molecule has 0 radical (unpaired) electrons. The lowest BCUT2D eigenvalue weighted by molar-refractivity contribution is -0.121. The third-order valence-electron chi connectivity index (χ3n) is 3.86. The van der Waals surface area contributed by atoms with Crippen LogP contribution < -0.4 is 11.1 Å². The van der Waals surface area contributed by atoms with Crippen LogP contribution in [-0.2, 0) is 11.2 Å². The van der Waals surface area contributed by atoms with Gasteiger partial charge in [0.15, 0.2) is 0 Å². The van der Waals surface area contributed by atoms with Crippen molar-refractivity contribution in [3.8, 4) is 0 Å². The van der Waals surface area contributed by atoms with Gasteiger partial charge in [-0.15, -0.1) is 0 Å². The molecule has 0 heterocycles. The first-order valence-corrected chi connectivity index (χ1v) is 8.50. The van der Waals surface area contributed by atoms with Gasteiger partial charge >= 0.3 is 0 Å². The van der Waals surface area contributed by atoms with Gasteiger partial charge in [-0.3, -0.25) is 4.79 Å². The highest BCUT2D eigenvalue weighted by Gasteiger charge is 2.28. The Labute approximate surface area is 125 Å². The molecular weight excluding hydrogens is 268 g/mol. The van der Waals surface area contributed by atoms with Gasteiger partial charge in [0.25, 0.3) is 0 Å². The molecule has 1 aliphatic carbocycles. The first kappa shape index (κ1) is 15.2. The Hall–Kier alpha value is -1.16. The largest absolute Gasteiger partial charge is 0.399 e. The molecule has 110 valence electrons. The summed E-state index contributed by atoms with van der Waals surface area (Å²) in [7, 11) is 0. The Kier molecular flexibility index (Phi) is 5.77. The Morgan fingerprint density at radius 2 is 2.20 bits per heavy atom. The number of thioether (sulfide) groups is 1. The van der Waals surface area contributed by atoms with Crippen molar-refractivity contribution >= 4 is 23.4 Å². The number of nitrogen functional groups attached to an aromatic ring is 1. The monoisotopic (exact) mass is 292 g/mol. The van der Waals surface area contributed by atoms with Gasteiger partial charge in [0.2, 0.25) is 5.91 Å². The van der Waals surface area contributed by atoms with Crippen LogP contribution in [0, 0.1) is 0 Å². The number of hydrogen-bond donors (Lipinski definition) is 2. The molecule has 4 heteroatoms. The molecule has 2 rings (SSSR count). The zero-order valence-electron chi connectivity index (χ0n) is 12.1. The van der Waals surface area contributed by atoms with Crippen LogP contribution in [-0.4, -0.2) is 23.0 Å². The summed E-state index contributed by atoms with van der Waals surface area (Å²) >= 11 is 1.97. The minimum absolute atomic E-state index is 0.154. The molecule has 0 spiro atoms. The average molecular weight is 292 g/mol. The van der Waals surface area contributed by atoms with Crippen molar-refractivity contribution in [2.24, 2.45) is 0 Å². The minimum atomic E-state index is 0.154. The second kappa shape index (κ2) is 7.58. The molecule has 0 saturated heterocycles. The van der Waals surface area contributed by atoms with Crippen molar-refractivity contribution < 1.29 is 4.79 Å². The normalized spacial score (nSPS) is 21.9. The van der Waals surface area contributed by atoms with Crippen LogP contribution in [0.2, 0.25) is 0 Å². The van der Waals surface area contributed by atoms with Crippen molar-refractivity contribution in [1.29, 1.82) is 0 Å². The van der Waals surface area contributed by atoms with Crippen molar-refractivity contribution in [3.63, 3.8) is 0 Å². The number of nitrogens with one attached hydrogen (secondary N) is 1. The Balaban J connectivity index is 1.79. The SMILES string of the molecule is CCSC1CCCC1NC(=O)CCc1ccccc1N. The van der Waals surface area contributed by atoms with E-state index in [1.807, 2.05) is 36.0 Å². The molecule has 20 heavy (non-hydrogen) atoms. The Bertz CT molecular complexity index is 450. The van der Waals surface area contributed by atoms with E-state index in [0.717, 1.165) is 29.8 Å². The number of nitrogens with two attached hydrogens (primary N) is 1. The number of aryl methyl sites for hydroxylation is 1. The molecule has 0 aromatic heterocycles. The van der Waals surface area contributed by atoms with Crippen LogP contribution in [0.4, 0.5) is 5.69 Å². The van der Waals surface area contributed by atoms with E-state index in [0.29, 0.717) is 17.7 Å². The summed E-state index contributed by atoms with van der Waals surface area (Å²) in [5, 5.41) is 3.81. The zero-order chi connectivity index (χ0) is 14.4. The smallest absolute Gasteiger partial charge is 0.220 e. The number of hydrogen-bond acceptors (Lipinski definition) is 3. The molecule has 3 N–H and O–H groups in total. The van der Waals surface area contributed by atoms with Crippen LogP contribution in [0.3, 0.4) is 0 Å². The maximum atomic E-state index is 12.1. The molecule has 1 amide bonds. The summed E-state index contributed by atoms with van der Waals surface area (Å²) in [6.45, 7) is 2.18. The number of carbonyl (C=O) groups excluding carboxylic acids is 1. The number of para-hydroxylation sites is 1. The molecule has 0 bridgehead atoms. The lowest BCUT2D eigenvalue weighted by Gasteiger charge is -2.20. The first-order valence-electron chi connectivity index (χ1n) is 7.45. The second-order valence-electron chi connectivity index (χ2n) is 5.30. The molecule has 0 aliphatic heterocycles. The molecule has 1 saturated carbocycles. The van der Waals surface area contributed by atoms with Crippen LogP contribution in [0.5, 0.6) is 0 Å². The van der Waals surface area contributed by atoms with E-state index in [-0.39, 0.29) is 5.91 Å². The van der Waals surface area contributed by atoms with Gasteiger partial charge in [-0.1, -0.05) is 31.5 Å². The average Bonchev–Trinajstić information content (AvgIpc) is 2.86. The maximum absolute atomic E-state index is 12.1. The van der Waals surface area contributed by atoms with Crippen LogP contribution in [0.25, 0.3) is 0 Å². The summed E-state index contributed by atoms with van der Waals surface area (Å²) in [5.74, 6) is 1.28. The van der Waals surface area contributed by atoms with Crippen LogP contribution >= 0.6 is 11.8 Å². The second-order valence-corrected chi connectivity index (χ2v) is 6.81. The predicted octanol–water partition coefficient (Wildman–Crippen LogP) is 2.99. The fraction of sp³-hybridized carbons (Fsp3) is 0.562.